The van der Waals surface area contributed by atoms with Gasteiger partial charge in [-0.3, -0.25) is 10.1 Å². The zero-order valence-electron chi connectivity index (χ0n) is 17.5. The van der Waals surface area contributed by atoms with Crippen LogP contribution in [0.5, 0.6) is 0 Å². The first kappa shape index (κ1) is 22.1. The molecule has 0 spiro atoms. The molecule has 6 heteroatoms. The predicted octanol–water partition coefficient (Wildman–Crippen LogP) is 4.90. The Labute approximate surface area is 182 Å². The highest BCUT2D eigenvalue weighted by Crippen LogP contribution is 2.14. The van der Waals surface area contributed by atoms with Crippen LogP contribution in [0.1, 0.15) is 34.0 Å². The monoisotopic (exact) mass is 418 g/mol. The summed E-state index contributed by atoms with van der Waals surface area (Å²) >= 11 is 0. The Bertz CT molecular complexity index is 1010. The van der Waals surface area contributed by atoms with Gasteiger partial charge in [-0.05, 0) is 41.8 Å². The van der Waals surface area contributed by atoms with E-state index in [2.05, 4.69) is 10.6 Å². The van der Waals surface area contributed by atoms with Crippen molar-refractivity contribution in [2.45, 2.75) is 26.7 Å². The molecule has 0 saturated carbocycles. The van der Waals surface area contributed by atoms with Crippen molar-refractivity contribution in [3.05, 3.63) is 101 Å². The second-order valence-electron chi connectivity index (χ2n) is 6.86. The molecule has 0 radical (unpaired) electrons. The molecule has 0 saturated heterocycles. The van der Waals surface area contributed by atoms with E-state index in [9.17, 15) is 9.59 Å². The van der Waals surface area contributed by atoms with Gasteiger partial charge in [-0.25, -0.2) is 4.79 Å². The maximum Gasteiger partial charge on any atom is 0.411 e. The molecule has 160 valence electrons. The maximum atomic E-state index is 12.6. The largest absolute Gasteiger partial charge is 0.450 e. The van der Waals surface area contributed by atoms with Crippen molar-refractivity contribution in [3.8, 4) is 0 Å². The number of amides is 2. The fraction of sp³-hybridized carbons (Fsp3) is 0.200. The van der Waals surface area contributed by atoms with Crippen molar-refractivity contribution in [3.63, 3.8) is 0 Å². The molecule has 0 aliphatic carbocycles. The highest BCUT2D eigenvalue weighted by Gasteiger charge is 2.10. The van der Waals surface area contributed by atoms with Crippen LogP contribution < -0.4 is 10.6 Å². The summed E-state index contributed by atoms with van der Waals surface area (Å²) in [6, 6.07) is 24.6. The summed E-state index contributed by atoms with van der Waals surface area (Å²) < 4.78 is 10.7. The molecule has 2 N–H and O–H groups in total. The molecule has 0 aromatic heterocycles. The Hall–Kier alpha value is -3.64. The number of benzene rings is 3. The van der Waals surface area contributed by atoms with Gasteiger partial charge >= 0.3 is 6.09 Å². The van der Waals surface area contributed by atoms with Gasteiger partial charge in [-0.15, -0.1) is 0 Å². The minimum atomic E-state index is -0.551. The van der Waals surface area contributed by atoms with Gasteiger partial charge in [-0.1, -0.05) is 60.7 Å². The number of anilines is 1. The number of ether oxygens (including phenoxy) is 2. The minimum Gasteiger partial charge on any atom is -0.450 e. The number of rotatable bonds is 9. The third kappa shape index (κ3) is 6.97. The van der Waals surface area contributed by atoms with E-state index in [-0.39, 0.29) is 12.5 Å². The normalized spacial score (nSPS) is 10.4. The van der Waals surface area contributed by atoms with Crippen molar-refractivity contribution in [2.75, 3.05) is 11.9 Å². The van der Waals surface area contributed by atoms with Gasteiger partial charge in [-0.2, -0.15) is 0 Å². The first-order chi connectivity index (χ1) is 15.2. The van der Waals surface area contributed by atoms with Crippen molar-refractivity contribution in [1.29, 1.82) is 0 Å². The first-order valence-corrected chi connectivity index (χ1v) is 10.2. The molecule has 0 aliphatic heterocycles. The van der Waals surface area contributed by atoms with Gasteiger partial charge in [0.15, 0.2) is 0 Å². The molecule has 6 nitrogen and oxygen atoms in total. The summed E-state index contributed by atoms with van der Waals surface area (Å²) in [5.41, 5.74) is 4.08. The zero-order chi connectivity index (χ0) is 21.9. The van der Waals surface area contributed by atoms with Gasteiger partial charge in [0, 0.05) is 17.8 Å². The van der Waals surface area contributed by atoms with Crippen molar-refractivity contribution >= 4 is 17.7 Å². The predicted molar refractivity (Wildman–Crippen MR) is 120 cm³/mol. The maximum absolute atomic E-state index is 12.6. The van der Waals surface area contributed by atoms with E-state index in [0.717, 1.165) is 16.7 Å². The molecule has 3 rings (SSSR count). The van der Waals surface area contributed by atoms with Gasteiger partial charge in [0.05, 0.1) is 19.8 Å². The number of nitrogens with one attached hydrogen (secondary N) is 2. The fourth-order valence-electron chi connectivity index (χ4n) is 3.02. The summed E-state index contributed by atoms with van der Waals surface area (Å²) in [4.78, 5) is 24.2. The highest BCUT2D eigenvalue weighted by molar-refractivity contribution is 5.96. The number of carbonyl (C=O) groups excluding carboxylic acids is 2. The molecule has 0 bridgehead atoms. The third-order valence-electron chi connectivity index (χ3n) is 4.57. The average Bonchev–Trinajstić information content (AvgIpc) is 2.79. The van der Waals surface area contributed by atoms with Crippen LogP contribution >= 0.6 is 0 Å². The lowest BCUT2D eigenvalue weighted by molar-refractivity contribution is 0.0947. The zero-order valence-corrected chi connectivity index (χ0v) is 17.5. The van der Waals surface area contributed by atoms with Crippen LogP contribution in [0.2, 0.25) is 0 Å². The van der Waals surface area contributed by atoms with E-state index in [1.807, 2.05) is 54.6 Å². The highest BCUT2D eigenvalue weighted by atomic mass is 16.5. The van der Waals surface area contributed by atoms with Crippen LogP contribution in [0.15, 0.2) is 78.9 Å². The second kappa shape index (κ2) is 11.5. The third-order valence-corrected chi connectivity index (χ3v) is 4.57. The molecule has 0 aliphatic rings. The lowest BCUT2D eigenvalue weighted by Gasteiger charge is -2.12. The SMILES string of the molecule is CCOC(=O)Nc1cccc(C(=O)NCc2ccccc2COCc2ccccc2)c1. The molecule has 3 aromatic rings. The number of carbonyl (C=O) groups is 2. The summed E-state index contributed by atoms with van der Waals surface area (Å²) in [6.07, 6.45) is -0.551. The van der Waals surface area contributed by atoms with Crippen LogP contribution in [-0.2, 0) is 29.2 Å². The van der Waals surface area contributed by atoms with Crippen LogP contribution in [0, 0.1) is 0 Å². The topological polar surface area (TPSA) is 76.7 Å². The summed E-state index contributed by atoms with van der Waals surface area (Å²) in [7, 11) is 0. The van der Waals surface area contributed by atoms with Gasteiger partial charge in [0.25, 0.3) is 5.91 Å². The molecule has 3 aromatic carbocycles. The van der Waals surface area contributed by atoms with Gasteiger partial charge < -0.3 is 14.8 Å². The van der Waals surface area contributed by atoms with E-state index in [4.69, 9.17) is 9.47 Å². The molecule has 0 heterocycles. The summed E-state index contributed by atoms with van der Waals surface area (Å²) in [6.45, 7) is 3.37. The molecule has 0 atom stereocenters. The van der Waals surface area contributed by atoms with E-state index < -0.39 is 6.09 Å². The molecule has 2 amide bonds. The second-order valence-corrected chi connectivity index (χ2v) is 6.86. The lowest BCUT2D eigenvalue weighted by Crippen LogP contribution is -2.23. The minimum absolute atomic E-state index is 0.229. The van der Waals surface area contributed by atoms with Gasteiger partial charge in [0.1, 0.15) is 0 Å². The molecular formula is C25H26N2O4. The lowest BCUT2D eigenvalue weighted by atomic mass is 10.1. The van der Waals surface area contributed by atoms with E-state index in [1.54, 1.807) is 31.2 Å². The number of hydrogen-bond acceptors (Lipinski definition) is 4. The number of hydrogen-bond donors (Lipinski definition) is 2. The Morgan fingerprint density at radius 2 is 1.58 bits per heavy atom. The van der Waals surface area contributed by atoms with Crippen LogP contribution in [0.4, 0.5) is 10.5 Å². The molecule has 0 fully saturated rings. The van der Waals surface area contributed by atoms with Crippen molar-refractivity contribution in [2.24, 2.45) is 0 Å². The van der Waals surface area contributed by atoms with Crippen molar-refractivity contribution in [1.82, 2.24) is 5.32 Å². The molecule has 31 heavy (non-hydrogen) atoms. The van der Waals surface area contributed by atoms with Crippen molar-refractivity contribution < 1.29 is 19.1 Å². The van der Waals surface area contributed by atoms with Crippen LogP contribution in [0.25, 0.3) is 0 Å². The molecular weight excluding hydrogens is 392 g/mol. The Kier molecular flexibility index (Phi) is 8.20. The van der Waals surface area contributed by atoms with E-state index in [0.29, 0.717) is 31.0 Å². The van der Waals surface area contributed by atoms with E-state index >= 15 is 0 Å². The Morgan fingerprint density at radius 1 is 0.839 bits per heavy atom. The van der Waals surface area contributed by atoms with Gasteiger partial charge in [0.2, 0.25) is 0 Å². The van der Waals surface area contributed by atoms with Crippen LogP contribution in [-0.4, -0.2) is 18.6 Å². The smallest absolute Gasteiger partial charge is 0.411 e. The molecule has 0 unspecified atom stereocenters. The van der Waals surface area contributed by atoms with Crippen LogP contribution in [0.3, 0.4) is 0 Å². The fourth-order valence-corrected chi connectivity index (χ4v) is 3.02. The standard InChI is InChI=1S/C25H26N2O4/c1-2-31-25(29)27-23-14-8-13-20(15-23)24(28)26-16-21-11-6-7-12-22(21)18-30-17-19-9-4-3-5-10-19/h3-15H,2,16-18H2,1H3,(H,26,28)(H,27,29). The first-order valence-electron chi connectivity index (χ1n) is 10.2. The average molecular weight is 418 g/mol. The summed E-state index contributed by atoms with van der Waals surface area (Å²) in [5, 5.41) is 5.53. The van der Waals surface area contributed by atoms with E-state index in [1.165, 1.54) is 0 Å². The Balaban J connectivity index is 1.56. The summed E-state index contributed by atoms with van der Waals surface area (Å²) in [5.74, 6) is -0.229. The Morgan fingerprint density at radius 3 is 2.35 bits per heavy atom. The quantitative estimate of drug-likeness (QED) is 0.518.